The van der Waals surface area contributed by atoms with E-state index in [0.717, 1.165) is 15.6 Å². The lowest BCUT2D eigenvalue weighted by Gasteiger charge is -2.15. The third kappa shape index (κ3) is 4.49. The molecule has 0 aliphatic heterocycles. The molecule has 0 saturated carbocycles. The van der Waals surface area contributed by atoms with Crippen LogP contribution in [0.3, 0.4) is 0 Å². The maximum Gasteiger partial charge on any atom is 0.260 e. The second-order valence-corrected chi connectivity index (χ2v) is 6.74. The molecule has 7 heteroatoms. The van der Waals surface area contributed by atoms with Crippen LogP contribution >= 0.6 is 15.9 Å². The Morgan fingerprint density at radius 2 is 2.04 bits per heavy atom. The molecule has 0 aliphatic rings. The average Bonchev–Trinajstić information content (AvgIpc) is 3.09. The maximum atomic E-state index is 12.3. The zero-order valence-electron chi connectivity index (χ0n) is 14.5. The first-order chi connectivity index (χ1) is 12.5. The van der Waals surface area contributed by atoms with Crippen LogP contribution < -0.4 is 4.74 Å². The number of nitrogens with zero attached hydrogens (tertiary/aromatic N) is 3. The predicted octanol–water partition coefficient (Wildman–Crippen LogP) is 3.84. The minimum absolute atomic E-state index is 0.0476. The van der Waals surface area contributed by atoms with Crippen LogP contribution in [0.4, 0.5) is 0 Å². The first-order valence-electron chi connectivity index (χ1n) is 8.04. The van der Waals surface area contributed by atoms with Gasteiger partial charge in [0, 0.05) is 17.1 Å². The van der Waals surface area contributed by atoms with Gasteiger partial charge >= 0.3 is 0 Å². The number of halogens is 1. The molecular formula is C19H18BrN3O3. The van der Waals surface area contributed by atoms with Crippen molar-refractivity contribution in [1.29, 1.82) is 0 Å². The molecule has 0 saturated heterocycles. The highest BCUT2D eigenvalue weighted by atomic mass is 79.9. The second-order valence-electron chi connectivity index (χ2n) is 5.83. The lowest BCUT2D eigenvalue weighted by atomic mass is 10.2. The highest BCUT2D eigenvalue weighted by Gasteiger charge is 2.15. The number of para-hydroxylation sites is 1. The first-order valence-corrected chi connectivity index (χ1v) is 8.83. The van der Waals surface area contributed by atoms with E-state index in [2.05, 4.69) is 26.1 Å². The smallest absolute Gasteiger partial charge is 0.260 e. The van der Waals surface area contributed by atoms with Crippen LogP contribution in [0.15, 0.2) is 57.5 Å². The molecule has 134 valence electrons. The molecule has 6 nitrogen and oxygen atoms in total. The van der Waals surface area contributed by atoms with Crippen molar-refractivity contribution in [3.05, 3.63) is 64.5 Å². The van der Waals surface area contributed by atoms with E-state index < -0.39 is 0 Å². The van der Waals surface area contributed by atoms with Crippen molar-refractivity contribution in [2.24, 2.45) is 0 Å². The molecule has 0 radical (unpaired) electrons. The van der Waals surface area contributed by atoms with Gasteiger partial charge < -0.3 is 14.2 Å². The van der Waals surface area contributed by atoms with E-state index in [4.69, 9.17) is 9.26 Å². The van der Waals surface area contributed by atoms with Gasteiger partial charge in [0.25, 0.3) is 5.91 Å². The molecule has 1 amide bonds. The van der Waals surface area contributed by atoms with Crippen molar-refractivity contribution >= 4 is 21.8 Å². The third-order valence-electron chi connectivity index (χ3n) is 3.79. The number of likely N-dealkylation sites (N-methyl/N-ethyl adjacent to an activating group) is 1. The maximum absolute atomic E-state index is 12.3. The molecule has 0 bridgehead atoms. The molecule has 0 unspecified atom stereocenters. The second kappa shape index (κ2) is 8.14. The summed E-state index contributed by atoms with van der Waals surface area (Å²) in [6, 6.07) is 15.2. The fourth-order valence-corrected chi connectivity index (χ4v) is 2.72. The van der Waals surface area contributed by atoms with Gasteiger partial charge in [-0.1, -0.05) is 51.4 Å². The standard InChI is InChI=1S/C19H18BrN3O3/c1-13-6-3-4-9-16(13)25-12-18(24)23(2)11-17-21-19(22-26-17)14-7-5-8-15(20)10-14/h3-10H,11-12H2,1-2H3. The Bertz CT molecular complexity index is 910. The summed E-state index contributed by atoms with van der Waals surface area (Å²) in [6.45, 7) is 2.11. The summed E-state index contributed by atoms with van der Waals surface area (Å²) in [5.74, 6) is 1.38. The zero-order valence-corrected chi connectivity index (χ0v) is 16.1. The summed E-state index contributed by atoms with van der Waals surface area (Å²) in [7, 11) is 1.67. The van der Waals surface area contributed by atoms with Gasteiger partial charge in [0.15, 0.2) is 6.61 Å². The Kier molecular flexibility index (Phi) is 5.68. The van der Waals surface area contributed by atoms with Gasteiger partial charge in [0.1, 0.15) is 5.75 Å². The summed E-state index contributed by atoms with van der Waals surface area (Å²) in [4.78, 5) is 18.1. The van der Waals surface area contributed by atoms with Crippen molar-refractivity contribution in [2.75, 3.05) is 13.7 Å². The molecule has 1 aromatic heterocycles. The van der Waals surface area contributed by atoms with E-state index in [1.165, 1.54) is 4.90 Å². The quantitative estimate of drug-likeness (QED) is 0.611. The van der Waals surface area contributed by atoms with E-state index >= 15 is 0 Å². The monoisotopic (exact) mass is 415 g/mol. The number of rotatable bonds is 6. The average molecular weight is 416 g/mol. The fraction of sp³-hybridized carbons (Fsp3) is 0.211. The van der Waals surface area contributed by atoms with Crippen molar-refractivity contribution in [1.82, 2.24) is 15.0 Å². The van der Waals surface area contributed by atoms with Crippen LogP contribution in [0.2, 0.25) is 0 Å². The Hall–Kier alpha value is -2.67. The van der Waals surface area contributed by atoms with Crippen molar-refractivity contribution < 1.29 is 14.1 Å². The normalized spacial score (nSPS) is 10.6. The van der Waals surface area contributed by atoms with Crippen LogP contribution in [0.25, 0.3) is 11.4 Å². The molecule has 3 aromatic rings. The van der Waals surface area contributed by atoms with Gasteiger partial charge in [-0.15, -0.1) is 0 Å². The lowest BCUT2D eigenvalue weighted by molar-refractivity contribution is -0.132. The summed E-state index contributed by atoms with van der Waals surface area (Å²) < 4.78 is 11.8. The van der Waals surface area contributed by atoms with Gasteiger partial charge in [-0.3, -0.25) is 4.79 Å². The van der Waals surface area contributed by atoms with Crippen molar-refractivity contribution in [2.45, 2.75) is 13.5 Å². The van der Waals surface area contributed by atoms with E-state index in [9.17, 15) is 4.79 Å². The van der Waals surface area contributed by atoms with Crippen LogP contribution in [-0.4, -0.2) is 34.6 Å². The van der Waals surface area contributed by atoms with Gasteiger partial charge in [-0.25, -0.2) is 0 Å². The first kappa shape index (κ1) is 18.1. The highest BCUT2D eigenvalue weighted by molar-refractivity contribution is 9.10. The van der Waals surface area contributed by atoms with Crippen LogP contribution in [0, 0.1) is 6.92 Å². The number of carbonyl (C=O) groups is 1. The van der Waals surface area contributed by atoms with E-state index in [-0.39, 0.29) is 19.1 Å². The minimum Gasteiger partial charge on any atom is -0.484 e. The van der Waals surface area contributed by atoms with Gasteiger partial charge in [0.05, 0.1) is 6.54 Å². The predicted molar refractivity (Wildman–Crippen MR) is 101 cm³/mol. The molecule has 0 atom stereocenters. The highest BCUT2D eigenvalue weighted by Crippen LogP contribution is 2.20. The summed E-state index contributed by atoms with van der Waals surface area (Å²) >= 11 is 3.41. The van der Waals surface area contributed by atoms with Crippen LogP contribution in [0.5, 0.6) is 5.75 Å². The van der Waals surface area contributed by atoms with Gasteiger partial charge in [-0.2, -0.15) is 4.98 Å². The summed E-state index contributed by atoms with van der Waals surface area (Å²) in [5.41, 5.74) is 1.82. The Morgan fingerprint density at radius 3 is 2.81 bits per heavy atom. The topological polar surface area (TPSA) is 68.5 Å². The minimum atomic E-state index is -0.171. The molecule has 1 heterocycles. The lowest BCUT2D eigenvalue weighted by Crippen LogP contribution is -2.31. The number of ether oxygens (including phenoxy) is 1. The number of aryl methyl sites for hydroxylation is 1. The molecule has 0 spiro atoms. The van der Waals surface area contributed by atoms with Crippen molar-refractivity contribution in [3.8, 4) is 17.1 Å². The number of hydrogen-bond acceptors (Lipinski definition) is 5. The zero-order chi connectivity index (χ0) is 18.5. The van der Waals surface area contributed by atoms with E-state index in [1.54, 1.807) is 7.05 Å². The molecule has 26 heavy (non-hydrogen) atoms. The number of benzene rings is 2. The molecule has 0 N–H and O–H groups in total. The molecule has 0 fully saturated rings. The van der Waals surface area contributed by atoms with E-state index in [1.807, 2.05) is 55.5 Å². The largest absolute Gasteiger partial charge is 0.484 e. The van der Waals surface area contributed by atoms with Crippen molar-refractivity contribution in [3.63, 3.8) is 0 Å². The number of aromatic nitrogens is 2. The SMILES string of the molecule is Cc1ccccc1OCC(=O)N(C)Cc1nc(-c2cccc(Br)c2)no1. The number of carbonyl (C=O) groups excluding carboxylic acids is 1. The van der Waals surface area contributed by atoms with E-state index in [0.29, 0.717) is 17.5 Å². The number of amides is 1. The Balaban J connectivity index is 1.58. The Labute approximate surface area is 159 Å². The molecule has 2 aromatic carbocycles. The summed E-state index contributed by atoms with van der Waals surface area (Å²) in [5, 5.41) is 3.97. The fourth-order valence-electron chi connectivity index (χ4n) is 2.32. The number of hydrogen-bond donors (Lipinski definition) is 0. The summed E-state index contributed by atoms with van der Waals surface area (Å²) in [6.07, 6.45) is 0. The van der Waals surface area contributed by atoms with Crippen LogP contribution in [-0.2, 0) is 11.3 Å². The Morgan fingerprint density at radius 1 is 1.23 bits per heavy atom. The van der Waals surface area contributed by atoms with Gasteiger partial charge in [0.2, 0.25) is 11.7 Å². The molecule has 0 aliphatic carbocycles. The molecule has 3 rings (SSSR count). The van der Waals surface area contributed by atoms with Gasteiger partial charge in [-0.05, 0) is 30.7 Å². The third-order valence-corrected chi connectivity index (χ3v) is 4.29. The molecular weight excluding hydrogens is 398 g/mol. The van der Waals surface area contributed by atoms with Crippen LogP contribution in [0.1, 0.15) is 11.5 Å².